The lowest BCUT2D eigenvalue weighted by Gasteiger charge is -2.48. The second kappa shape index (κ2) is 6.83. The van der Waals surface area contributed by atoms with Gasteiger partial charge in [0.25, 0.3) is 0 Å². The van der Waals surface area contributed by atoms with Gasteiger partial charge >= 0.3 is 7.12 Å². The Kier molecular flexibility index (Phi) is 4.13. The van der Waals surface area contributed by atoms with Gasteiger partial charge in [0.15, 0.2) is 17.3 Å². The molecule has 156 valence electrons. The summed E-state index contributed by atoms with van der Waals surface area (Å²) in [6.45, 7) is 1.48. The van der Waals surface area contributed by atoms with Crippen LogP contribution in [0.15, 0.2) is 77.9 Å². The van der Waals surface area contributed by atoms with Crippen LogP contribution in [0.2, 0.25) is 0 Å². The van der Waals surface area contributed by atoms with Crippen LogP contribution in [0.5, 0.6) is 0 Å². The van der Waals surface area contributed by atoms with Crippen molar-refractivity contribution in [3.05, 3.63) is 89.0 Å². The summed E-state index contributed by atoms with van der Waals surface area (Å²) >= 11 is 0. The van der Waals surface area contributed by atoms with Crippen LogP contribution in [0.3, 0.4) is 0 Å². The fourth-order valence-corrected chi connectivity index (χ4v) is 5.15. The molecule has 32 heavy (non-hydrogen) atoms. The molecule has 0 unspecified atom stereocenters. The topological polar surface area (TPSA) is 69.7 Å². The van der Waals surface area contributed by atoms with Crippen molar-refractivity contribution < 1.29 is 23.7 Å². The van der Waals surface area contributed by atoms with E-state index in [-0.39, 0.29) is 30.2 Å². The van der Waals surface area contributed by atoms with Crippen molar-refractivity contribution in [2.45, 2.75) is 31.5 Å². The van der Waals surface area contributed by atoms with Crippen LogP contribution in [-0.4, -0.2) is 36.2 Å². The summed E-state index contributed by atoms with van der Waals surface area (Å²) in [5.41, 5.74) is 1.08. The highest BCUT2D eigenvalue weighted by Crippen LogP contribution is 2.46. The van der Waals surface area contributed by atoms with E-state index in [0.717, 1.165) is 16.2 Å². The standard InChI is InChI=1S/C26H19BO5/c1-15(28)26-13-21-23(22(14-26)31-27(32-26)18-9-3-2-4-10-18)25(30)20-12-17-8-6-5-7-16(17)11-19(20)24(21)29/h2-12,22H,13-14H2,1H3/t22-,26+/m1/s1. The van der Waals surface area contributed by atoms with Crippen LogP contribution in [0.4, 0.5) is 0 Å². The van der Waals surface area contributed by atoms with Crippen molar-refractivity contribution in [1.29, 1.82) is 0 Å². The molecule has 2 bridgehead atoms. The average Bonchev–Trinajstić information content (AvgIpc) is 2.81. The Hall–Kier alpha value is -3.35. The van der Waals surface area contributed by atoms with Crippen molar-refractivity contribution in [3.63, 3.8) is 0 Å². The van der Waals surface area contributed by atoms with Crippen LogP contribution >= 0.6 is 0 Å². The molecule has 3 aromatic carbocycles. The smallest absolute Gasteiger partial charge is 0.400 e. The molecule has 1 aliphatic heterocycles. The summed E-state index contributed by atoms with van der Waals surface area (Å²) in [6, 6.07) is 20.6. The molecule has 0 radical (unpaired) electrons. The summed E-state index contributed by atoms with van der Waals surface area (Å²) in [4.78, 5) is 40.0. The van der Waals surface area contributed by atoms with E-state index in [1.807, 2.05) is 54.6 Å². The molecule has 5 nitrogen and oxygen atoms in total. The fourth-order valence-electron chi connectivity index (χ4n) is 5.15. The first-order valence-electron chi connectivity index (χ1n) is 10.7. The number of ketones is 3. The fraction of sp³-hybridized carbons (Fsp3) is 0.192. The molecule has 3 aromatic rings. The van der Waals surface area contributed by atoms with Gasteiger partial charge in [0, 0.05) is 35.1 Å². The summed E-state index contributed by atoms with van der Waals surface area (Å²) in [5.74, 6) is -0.583. The number of rotatable bonds is 2. The molecule has 1 heterocycles. The van der Waals surface area contributed by atoms with Crippen LogP contribution in [0.1, 0.15) is 40.5 Å². The second-order valence-corrected chi connectivity index (χ2v) is 8.71. The first kappa shape index (κ1) is 19.3. The van der Waals surface area contributed by atoms with Gasteiger partial charge in [-0.15, -0.1) is 0 Å². The van der Waals surface area contributed by atoms with E-state index in [1.165, 1.54) is 6.92 Å². The van der Waals surface area contributed by atoms with Gasteiger partial charge in [0.1, 0.15) is 5.60 Å². The van der Waals surface area contributed by atoms with E-state index in [0.29, 0.717) is 22.3 Å². The van der Waals surface area contributed by atoms with Crippen molar-refractivity contribution in [2.24, 2.45) is 0 Å². The quantitative estimate of drug-likeness (QED) is 0.592. The van der Waals surface area contributed by atoms with Gasteiger partial charge in [-0.05, 0) is 35.3 Å². The predicted molar refractivity (Wildman–Crippen MR) is 120 cm³/mol. The molecular formula is C26H19BO5. The van der Waals surface area contributed by atoms with Crippen molar-refractivity contribution >= 4 is 40.7 Å². The van der Waals surface area contributed by atoms with Gasteiger partial charge in [0.2, 0.25) is 0 Å². The zero-order chi connectivity index (χ0) is 22.0. The van der Waals surface area contributed by atoms with Crippen LogP contribution in [0, 0.1) is 0 Å². The Labute approximate surface area is 185 Å². The number of hydrogen-bond donors (Lipinski definition) is 0. The molecule has 1 fully saturated rings. The van der Waals surface area contributed by atoms with Gasteiger partial charge in [-0.25, -0.2) is 0 Å². The Morgan fingerprint density at radius 1 is 0.938 bits per heavy atom. The van der Waals surface area contributed by atoms with Gasteiger partial charge in [-0.1, -0.05) is 54.6 Å². The lowest BCUT2D eigenvalue weighted by Crippen LogP contribution is -2.61. The van der Waals surface area contributed by atoms with Gasteiger partial charge < -0.3 is 9.31 Å². The van der Waals surface area contributed by atoms with Crippen molar-refractivity contribution in [1.82, 2.24) is 0 Å². The van der Waals surface area contributed by atoms with Crippen molar-refractivity contribution in [3.8, 4) is 0 Å². The van der Waals surface area contributed by atoms with Crippen LogP contribution in [-0.2, 0) is 14.1 Å². The summed E-state index contributed by atoms with van der Waals surface area (Å²) in [5, 5.41) is 1.80. The van der Waals surface area contributed by atoms with E-state index in [4.69, 9.17) is 9.31 Å². The number of carbonyl (C=O) groups excluding carboxylic acids is 3. The number of hydrogen-bond acceptors (Lipinski definition) is 5. The van der Waals surface area contributed by atoms with Gasteiger partial charge in [-0.3, -0.25) is 14.4 Å². The van der Waals surface area contributed by atoms with E-state index in [2.05, 4.69) is 0 Å². The lowest BCUT2D eigenvalue weighted by atomic mass is 9.65. The first-order chi connectivity index (χ1) is 15.5. The molecule has 0 amide bonds. The first-order valence-corrected chi connectivity index (χ1v) is 10.7. The number of Topliss-reactive ketones (excluding diaryl/α,β-unsaturated/α-hetero) is 3. The number of benzene rings is 3. The highest BCUT2D eigenvalue weighted by molar-refractivity contribution is 6.62. The Morgan fingerprint density at radius 3 is 2.22 bits per heavy atom. The minimum atomic E-state index is -1.19. The Balaban J connectivity index is 1.50. The van der Waals surface area contributed by atoms with Gasteiger partial charge in [0.05, 0.1) is 6.10 Å². The minimum absolute atomic E-state index is 0.0811. The van der Waals surface area contributed by atoms with E-state index in [1.54, 1.807) is 12.1 Å². The Bertz CT molecular complexity index is 1360. The largest absolute Gasteiger partial charge is 0.495 e. The molecule has 0 N–H and O–H groups in total. The second-order valence-electron chi connectivity index (χ2n) is 8.71. The zero-order valence-electron chi connectivity index (χ0n) is 17.5. The average molecular weight is 422 g/mol. The van der Waals surface area contributed by atoms with E-state index < -0.39 is 18.8 Å². The highest BCUT2D eigenvalue weighted by Gasteiger charge is 2.56. The van der Waals surface area contributed by atoms with Crippen LogP contribution < -0.4 is 5.46 Å². The molecular weight excluding hydrogens is 403 g/mol. The zero-order valence-corrected chi connectivity index (χ0v) is 17.5. The molecule has 2 aliphatic carbocycles. The van der Waals surface area contributed by atoms with Crippen LogP contribution in [0.25, 0.3) is 10.8 Å². The molecule has 0 saturated carbocycles. The maximum absolute atomic E-state index is 13.6. The van der Waals surface area contributed by atoms with Crippen molar-refractivity contribution in [2.75, 3.05) is 0 Å². The molecule has 0 spiro atoms. The van der Waals surface area contributed by atoms with Gasteiger partial charge in [-0.2, -0.15) is 0 Å². The third-order valence-electron chi connectivity index (χ3n) is 6.85. The number of fused-ring (bicyclic) bond motifs is 5. The third kappa shape index (κ3) is 2.70. The Morgan fingerprint density at radius 2 is 1.56 bits per heavy atom. The molecule has 1 saturated heterocycles. The monoisotopic (exact) mass is 422 g/mol. The SMILES string of the molecule is CC(=O)[C@]12CC3=C(C(=O)c4cc5ccccc5cc4C3=O)[C@@H](C1)OB(c1ccccc1)O2. The maximum atomic E-state index is 13.6. The molecule has 2 atom stereocenters. The summed E-state index contributed by atoms with van der Waals surface area (Å²) in [6.07, 6.45) is -0.373. The predicted octanol–water partition coefficient (Wildman–Crippen LogP) is 3.45. The molecule has 0 aromatic heterocycles. The number of carbonyl (C=O) groups is 3. The lowest BCUT2D eigenvalue weighted by molar-refractivity contribution is -0.141. The molecule has 6 heteroatoms. The summed E-state index contributed by atoms with van der Waals surface area (Å²) < 4.78 is 12.4. The normalized spacial score (nSPS) is 24.4. The van der Waals surface area contributed by atoms with E-state index in [9.17, 15) is 14.4 Å². The molecule has 3 aliphatic rings. The summed E-state index contributed by atoms with van der Waals surface area (Å²) in [7, 11) is -0.784. The van der Waals surface area contributed by atoms with E-state index >= 15 is 0 Å². The minimum Gasteiger partial charge on any atom is -0.400 e. The molecule has 6 rings (SSSR count). The highest BCUT2D eigenvalue weighted by atomic mass is 16.6. The maximum Gasteiger partial charge on any atom is 0.495 e. The third-order valence-corrected chi connectivity index (χ3v) is 6.85.